The quantitative estimate of drug-likeness (QED) is 0.397. The molecule has 1 aromatic carbocycles. The number of nitrogens with zero attached hydrogens (tertiary/aromatic N) is 3. The number of hydrogen-bond acceptors (Lipinski definition) is 6. The summed E-state index contributed by atoms with van der Waals surface area (Å²) >= 11 is 0. The second kappa shape index (κ2) is 9.60. The maximum Gasteiger partial charge on any atom is 0.433 e. The van der Waals surface area contributed by atoms with Crippen molar-refractivity contribution in [2.75, 3.05) is 6.54 Å². The van der Waals surface area contributed by atoms with Gasteiger partial charge in [-0.05, 0) is 36.6 Å². The van der Waals surface area contributed by atoms with E-state index in [1.165, 1.54) is 24.5 Å². The Morgan fingerprint density at radius 1 is 1.08 bits per heavy atom. The van der Waals surface area contributed by atoms with Gasteiger partial charge in [-0.15, -0.1) is 0 Å². The predicted octanol–water partition coefficient (Wildman–Crippen LogP) is 4.38. The zero-order chi connectivity index (χ0) is 26.2. The molecule has 1 N–H and O–H groups in total. The number of nitrogens with one attached hydrogen (secondary N) is 1. The molecule has 1 saturated heterocycles. The molecule has 0 bridgehead atoms. The highest BCUT2D eigenvalue weighted by molar-refractivity contribution is 7.89. The van der Waals surface area contributed by atoms with Gasteiger partial charge in [-0.3, -0.25) is 14.8 Å². The molecule has 5 rings (SSSR count). The van der Waals surface area contributed by atoms with E-state index in [0.717, 1.165) is 16.6 Å². The standard InChI is InChI=1S/C25H21F3N4O4S/c26-25(27,28)22-8-7-18(15-30-22)19-10-16(12-29-14-19)13-31-24(33)20-5-3-9-32(20)37(34,35)23-11-17-4-1-2-6-21(17)36-23/h1-2,4,6-8,10-12,14-15,20H,3,5,9,13H2,(H,31,33). The van der Waals surface area contributed by atoms with E-state index >= 15 is 0 Å². The summed E-state index contributed by atoms with van der Waals surface area (Å²) in [6.07, 6.45) is 0.458. The van der Waals surface area contributed by atoms with Crippen molar-refractivity contribution in [2.45, 2.75) is 36.7 Å². The lowest BCUT2D eigenvalue weighted by atomic mass is 10.1. The fourth-order valence-corrected chi connectivity index (χ4v) is 5.88. The summed E-state index contributed by atoms with van der Waals surface area (Å²) in [4.78, 5) is 20.5. The van der Waals surface area contributed by atoms with Crippen molar-refractivity contribution in [3.05, 3.63) is 78.4 Å². The van der Waals surface area contributed by atoms with E-state index in [1.807, 2.05) is 0 Å². The van der Waals surface area contributed by atoms with E-state index in [2.05, 4.69) is 15.3 Å². The van der Waals surface area contributed by atoms with Crippen LogP contribution in [-0.2, 0) is 27.5 Å². The Bertz CT molecular complexity index is 1520. The molecule has 192 valence electrons. The Morgan fingerprint density at radius 3 is 2.62 bits per heavy atom. The van der Waals surface area contributed by atoms with E-state index < -0.39 is 33.8 Å². The Morgan fingerprint density at radius 2 is 1.89 bits per heavy atom. The Balaban J connectivity index is 1.28. The second-order valence-corrected chi connectivity index (χ2v) is 10.4. The number of rotatable bonds is 6. The number of fused-ring (bicyclic) bond motifs is 1. The summed E-state index contributed by atoms with van der Waals surface area (Å²) in [6, 6.07) is 11.4. The maximum absolute atomic E-state index is 13.2. The average molecular weight is 531 g/mol. The SMILES string of the molecule is O=C(NCc1cncc(-c2ccc(C(F)(F)F)nc2)c1)C1CCCN1S(=O)(=O)c1cc2ccccc2o1. The van der Waals surface area contributed by atoms with Crippen molar-refractivity contribution in [1.29, 1.82) is 0 Å². The van der Waals surface area contributed by atoms with Gasteiger partial charge in [0.1, 0.15) is 17.3 Å². The summed E-state index contributed by atoms with van der Waals surface area (Å²) in [5.74, 6) is -0.459. The highest BCUT2D eigenvalue weighted by Crippen LogP contribution is 2.31. The van der Waals surface area contributed by atoms with Crippen molar-refractivity contribution >= 4 is 26.9 Å². The van der Waals surface area contributed by atoms with Crippen molar-refractivity contribution in [2.24, 2.45) is 0 Å². The lowest BCUT2D eigenvalue weighted by Gasteiger charge is -2.22. The van der Waals surface area contributed by atoms with Gasteiger partial charge in [0.2, 0.25) is 11.0 Å². The number of hydrogen-bond donors (Lipinski definition) is 1. The van der Waals surface area contributed by atoms with Crippen LogP contribution in [-0.4, -0.2) is 41.2 Å². The van der Waals surface area contributed by atoms with Crippen LogP contribution < -0.4 is 5.32 Å². The number of aromatic nitrogens is 2. The van der Waals surface area contributed by atoms with Crippen LogP contribution in [0.15, 0.2) is 76.6 Å². The molecule has 3 aromatic heterocycles. The molecule has 1 atom stereocenters. The third kappa shape index (κ3) is 5.07. The van der Waals surface area contributed by atoms with Gasteiger partial charge < -0.3 is 9.73 Å². The summed E-state index contributed by atoms with van der Waals surface area (Å²) in [6.45, 7) is 0.248. The number of carbonyl (C=O) groups is 1. The first kappa shape index (κ1) is 24.9. The molecule has 4 aromatic rings. The van der Waals surface area contributed by atoms with E-state index in [1.54, 1.807) is 30.3 Å². The van der Waals surface area contributed by atoms with Crippen LogP contribution in [0.5, 0.6) is 0 Å². The minimum atomic E-state index is -4.53. The van der Waals surface area contributed by atoms with E-state index in [9.17, 15) is 26.4 Å². The monoisotopic (exact) mass is 530 g/mol. The molecular weight excluding hydrogens is 509 g/mol. The van der Waals surface area contributed by atoms with Gasteiger partial charge in [-0.25, -0.2) is 8.42 Å². The number of sulfonamides is 1. The molecule has 0 spiro atoms. The lowest BCUT2D eigenvalue weighted by molar-refractivity contribution is -0.141. The Hall–Kier alpha value is -3.77. The summed E-state index contributed by atoms with van der Waals surface area (Å²) in [5.41, 5.74) is 1.01. The van der Waals surface area contributed by atoms with Crippen molar-refractivity contribution in [1.82, 2.24) is 19.6 Å². The summed E-state index contributed by atoms with van der Waals surface area (Å²) in [7, 11) is -4.03. The first-order valence-electron chi connectivity index (χ1n) is 11.4. The molecule has 4 heterocycles. The fraction of sp³-hybridized carbons (Fsp3) is 0.240. The van der Waals surface area contributed by atoms with E-state index in [-0.39, 0.29) is 18.2 Å². The van der Waals surface area contributed by atoms with E-state index in [4.69, 9.17) is 4.42 Å². The molecule has 0 saturated carbocycles. The van der Waals surface area contributed by atoms with Gasteiger partial charge in [-0.1, -0.05) is 24.3 Å². The zero-order valence-corrected chi connectivity index (χ0v) is 20.1. The smallest absolute Gasteiger partial charge is 0.433 e. The molecule has 8 nitrogen and oxygen atoms in total. The Kier molecular flexibility index (Phi) is 6.46. The molecule has 0 radical (unpaired) electrons. The van der Waals surface area contributed by atoms with Crippen molar-refractivity contribution < 1.29 is 30.8 Å². The van der Waals surface area contributed by atoms with Gasteiger partial charge in [-0.2, -0.15) is 17.5 Å². The predicted molar refractivity (Wildman–Crippen MR) is 127 cm³/mol. The van der Waals surface area contributed by atoms with Crippen LogP contribution in [0, 0.1) is 0 Å². The number of pyridine rings is 2. The highest BCUT2D eigenvalue weighted by Gasteiger charge is 2.41. The molecule has 12 heteroatoms. The first-order valence-corrected chi connectivity index (χ1v) is 12.8. The highest BCUT2D eigenvalue weighted by atomic mass is 32.2. The van der Waals surface area contributed by atoms with Gasteiger partial charge in [0.05, 0.1) is 0 Å². The van der Waals surface area contributed by atoms with Crippen molar-refractivity contribution in [3.63, 3.8) is 0 Å². The van der Waals surface area contributed by atoms with Crippen LogP contribution in [0.1, 0.15) is 24.1 Å². The summed E-state index contributed by atoms with van der Waals surface area (Å²) < 4.78 is 71.5. The normalized spacial score (nSPS) is 16.8. The number of benzene rings is 1. The lowest BCUT2D eigenvalue weighted by Crippen LogP contribution is -2.45. The molecule has 1 aliphatic rings. The third-order valence-electron chi connectivity index (χ3n) is 6.12. The molecule has 1 fully saturated rings. The van der Waals surface area contributed by atoms with E-state index in [0.29, 0.717) is 40.5 Å². The molecule has 37 heavy (non-hydrogen) atoms. The number of para-hydroxylation sites is 1. The molecule has 0 aliphatic carbocycles. The largest absolute Gasteiger partial charge is 0.443 e. The molecule has 1 unspecified atom stereocenters. The topological polar surface area (TPSA) is 105 Å². The molecule has 1 amide bonds. The number of amides is 1. The van der Waals surface area contributed by atoms with Gasteiger partial charge >= 0.3 is 6.18 Å². The third-order valence-corrected chi connectivity index (χ3v) is 7.89. The number of carbonyl (C=O) groups excluding carboxylic acids is 1. The van der Waals surface area contributed by atoms with Gasteiger partial charge in [0.15, 0.2) is 0 Å². The van der Waals surface area contributed by atoms with Crippen LogP contribution in [0.25, 0.3) is 22.1 Å². The summed E-state index contributed by atoms with van der Waals surface area (Å²) in [5, 5.41) is 3.19. The fourth-order valence-electron chi connectivity index (χ4n) is 4.27. The number of furan rings is 1. The number of halogens is 3. The average Bonchev–Trinajstić information content (AvgIpc) is 3.55. The van der Waals surface area contributed by atoms with Gasteiger partial charge in [0.25, 0.3) is 10.0 Å². The Labute approximate surface area is 210 Å². The maximum atomic E-state index is 13.2. The van der Waals surface area contributed by atoms with Crippen molar-refractivity contribution in [3.8, 4) is 11.1 Å². The minimum absolute atomic E-state index is 0.0583. The molecular formula is C25H21F3N4O4S. The van der Waals surface area contributed by atoms with Gasteiger partial charge in [0, 0.05) is 54.3 Å². The minimum Gasteiger partial charge on any atom is -0.443 e. The molecule has 1 aliphatic heterocycles. The number of alkyl halides is 3. The van der Waals surface area contributed by atoms with Crippen LogP contribution >= 0.6 is 0 Å². The zero-order valence-electron chi connectivity index (χ0n) is 19.3. The first-order chi connectivity index (χ1) is 17.6. The van der Waals surface area contributed by atoms with Crippen LogP contribution in [0.4, 0.5) is 13.2 Å². The second-order valence-electron chi connectivity index (χ2n) is 8.61. The van der Waals surface area contributed by atoms with Crippen LogP contribution in [0.2, 0.25) is 0 Å². The van der Waals surface area contributed by atoms with Crippen LogP contribution in [0.3, 0.4) is 0 Å².